The summed E-state index contributed by atoms with van der Waals surface area (Å²) in [5.41, 5.74) is 20.2. The Morgan fingerprint density at radius 3 is 1.58 bits per heavy atom. The minimum absolute atomic E-state index is 0.120. The highest BCUT2D eigenvalue weighted by molar-refractivity contribution is 14.1. The van der Waals surface area contributed by atoms with Crippen LogP contribution in [-0.2, 0) is 5.41 Å². The molecule has 250 valence electrons. The highest BCUT2D eigenvalue weighted by Crippen LogP contribution is 2.65. The normalized spacial score (nSPS) is 16.6. The van der Waals surface area contributed by atoms with Crippen LogP contribution >= 0.6 is 34.2 Å². The minimum atomic E-state index is -0.483. The van der Waals surface area contributed by atoms with Crippen LogP contribution < -0.4 is 0 Å². The van der Waals surface area contributed by atoms with Crippen molar-refractivity contribution in [2.24, 2.45) is 0 Å². The van der Waals surface area contributed by atoms with Crippen LogP contribution in [0.5, 0.6) is 0 Å². The Labute approximate surface area is 328 Å². The van der Waals surface area contributed by atoms with Crippen LogP contribution in [0.4, 0.5) is 0 Å². The Kier molecular flexibility index (Phi) is 7.03. The van der Waals surface area contributed by atoms with Crippen molar-refractivity contribution in [3.8, 4) is 44.5 Å². The minimum Gasteiger partial charge on any atom is -0.0837 e. The molecule has 0 saturated heterocycles. The van der Waals surface area contributed by atoms with Crippen molar-refractivity contribution in [2.75, 3.05) is 0 Å². The fourth-order valence-corrected chi connectivity index (χ4v) is 10.7. The molecule has 0 N–H and O–H groups in total. The van der Waals surface area contributed by atoms with Gasteiger partial charge in [-0.05, 0) is 130 Å². The first kappa shape index (κ1) is 31.3. The van der Waals surface area contributed by atoms with Crippen molar-refractivity contribution < 1.29 is 0 Å². The molecular weight excluding hydrogens is 775 g/mol. The van der Waals surface area contributed by atoms with Crippen LogP contribution in [-0.4, -0.2) is 0 Å². The summed E-state index contributed by atoms with van der Waals surface area (Å²) in [7, 11) is 0. The van der Waals surface area contributed by atoms with Gasteiger partial charge in [0, 0.05) is 26.0 Å². The molecule has 0 saturated carbocycles. The maximum Gasteiger partial charge on any atom is 0.0713 e. The first-order chi connectivity index (χ1) is 26.1. The average Bonchev–Trinajstić information content (AvgIpc) is 3.52. The third-order valence-electron chi connectivity index (χ3n) is 12.1. The fraction of sp³-hybridized carbons (Fsp3) is 0.0588. The van der Waals surface area contributed by atoms with Crippen LogP contribution in [0.25, 0.3) is 44.5 Å². The highest BCUT2D eigenvalue weighted by Gasteiger charge is 2.50. The van der Waals surface area contributed by atoms with Crippen molar-refractivity contribution >= 4 is 34.2 Å². The van der Waals surface area contributed by atoms with Gasteiger partial charge in [0.1, 0.15) is 0 Å². The van der Waals surface area contributed by atoms with Gasteiger partial charge in [0.05, 0.1) is 5.41 Å². The Hall–Kier alpha value is -5.22. The standard InChI is InChI=1S/C51H32ClI/c52-46-30-43-42(29-41(46)31-23-25-34(53)26-24-31)49-40(47-37-19-9-7-17-35(37)36-18-8-10-20-38(36)48(43)47)27-28-45-50(49)39-21-11-12-22-44(39)51(45,32-13-3-1-4-14-32)33-15-5-2-6-16-33/h1-30,47-48H. The second-order valence-corrected chi connectivity index (χ2v) is 16.2. The van der Waals surface area contributed by atoms with Crippen molar-refractivity contribution in [3.05, 3.63) is 235 Å². The second-order valence-electron chi connectivity index (χ2n) is 14.5. The summed E-state index contributed by atoms with van der Waals surface area (Å²) < 4.78 is 1.21. The van der Waals surface area contributed by atoms with Gasteiger partial charge in [-0.2, -0.15) is 0 Å². The van der Waals surface area contributed by atoms with E-state index in [1.165, 1.54) is 81.5 Å². The summed E-state index contributed by atoms with van der Waals surface area (Å²) in [4.78, 5) is 0. The Bertz CT molecular complexity index is 2710. The van der Waals surface area contributed by atoms with Crippen LogP contribution in [0.1, 0.15) is 56.3 Å². The summed E-state index contributed by atoms with van der Waals surface area (Å²) in [5.74, 6) is 0.249. The monoisotopic (exact) mass is 806 g/mol. The van der Waals surface area contributed by atoms with E-state index in [9.17, 15) is 0 Å². The van der Waals surface area contributed by atoms with E-state index in [1.54, 1.807) is 0 Å². The molecule has 2 heteroatoms. The van der Waals surface area contributed by atoms with E-state index in [0.29, 0.717) is 0 Å². The van der Waals surface area contributed by atoms with Crippen molar-refractivity contribution in [2.45, 2.75) is 17.3 Å². The average molecular weight is 807 g/mol. The first-order valence-electron chi connectivity index (χ1n) is 18.3. The SMILES string of the molecule is Clc1cc2c(cc1-c1ccc(I)cc1)-c1c(ccc3c1-c1ccccc1C3(c1ccccc1)c1ccccc1)C1c3ccccc3-c3ccccc3C21. The van der Waals surface area contributed by atoms with Gasteiger partial charge in [-0.3, -0.25) is 0 Å². The van der Waals surface area contributed by atoms with Gasteiger partial charge in [-0.1, -0.05) is 169 Å². The fourth-order valence-electron chi connectivity index (χ4n) is 10.1. The van der Waals surface area contributed by atoms with Gasteiger partial charge >= 0.3 is 0 Å². The molecule has 3 aliphatic rings. The predicted molar refractivity (Wildman–Crippen MR) is 228 cm³/mol. The number of hydrogen-bond acceptors (Lipinski definition) is 0. The highest BCUT2D eigenvalue weighted by atomic mass is 127. The zero-order valence-electron chi connectivity index (χ0n) is 28.7. The lowest BCUT2D eigenvalue weighted by molar-refractivity contribution is 0.676. The van der Waals surface area contributed by atoms with Crippen LogP contribution in [0.15, 0.2) is 182 Å². The Morgan fingerprint density at radius 1 is 0.396 bits per heavy atom. The van der Waals surface area contributed by atoms with E-state index in [1.807, 2.05) is 0 Å². The van der Waals surface area contributed by atoms with Gasteiger partial charge in [0.2, 0.25) is 0 Å². The summed E-state index contributed by atoms with van der Waals surface area (Å²) in [6.45, 7) is 0. The number of fused-ring (bicyclic) bond motifs is 15. The summed E-state index contributed by atoms with van der Waals surface area (Å²) in [5, 5.41) is 0.791. The Balaban J connectivity index is 1.30. The molecule has 0 bridgehead atoms. The molecule has 11 rings (SSSR count). The molecule has 3 aliphatic carbocycles. The molecule has 0 radical (unpaired) electrons. The molecule has 0 nitrogen and oxygen atoms in total. The number of hydrogen-bond donors (Lipinski definition) is 0. The zero-order valence-corrected chi connectivity index (χ0v) is 31.6. The summed E-state index contributed by atoms with van der Waals surface area (Å²) in [6.07, 6.45) is 0. The molecule has 0 aromatic heterocycles. The third-order valence-corrected chi connectivity index (χ3v) is 13.1. The molecule has 53 heavy (non-hydrogen) atoms. The molecule has 0 heterocycles. The Morgan fingerprint density at radius 2 is 0.943 bits per heavy atom. The predicted octanol–water partition coefficient (Wildman–Crippen LogP) is 13.9. The number of rotatable bonds is 3. The molecule has 0 aliphatic heterocycles. The lowest BCUT2D eigenvalue weighted by Crippen LogP contribution is -2.29. The largest absolute Gasteiger partial charge is 0.0837 e. The van der Waals surface area contributed by atoms with Crippen molar-refractivity contribution in [3.63, 3.8) is 0 Å². The molecule has 8 aromatic carbocycles. The quantitative estimate of drug-likeness (QED) is 0.156. The van der Waals surface area contributed by atoms with Crippen LogP contribution in [0.2, 0.25) is 5.02 Å². The van der Waals surface area contributed by atoms with E-state index in [4.69, 9.17) is 11.6 Å². The van der Waals surface area contributed by atoms with Crippen LogP contribution in [0.3, 0.4) is 0 Å². The van der Waals surface area contributed by atoms with E-state index >= 15 is 0 Å². The van der Waals surface area contributed by atoms with E-state index in [0.717, 1.165) is 16.1 Å². The zero-order chi connectivity index (χ0) is 35.3. The molecule has 0 amide bonds. The molecule has 0 fully saturated rings. The molecular formula is C51H32ClI. The molecule has 8 aromatic rings. The van der Waals surface area contributed by atoms with Gasteiger partial charge < -0.3 is 0 Å². The maximum atomic E-state index is 7.42. The molecule has 0 spiro atoms. The second kappa shape index (κ2) is 11.9. The van der Waals surface area contributed by atoms with Crippen molar-refractivity contribution in [1.82, 2.24) is 0 Å². The van der Waals surface area contributed by atoms with Gasteiger partial charge in [0.25, 0.3) is 0 Å². The number of halogens is 2. The summed E-state index contributed by atoms with van der Waals surface area (Å²) >= 11 is 9.80. The van der Waals surface area contributed by atoms with Gasteiger partial charge in [-0.15, -0.1) is 0 Å². The van der Waals surface area contributed by atoms with E-state index in [-0.39, 0.29) is 11.8 Å². The maximum absolute atomic E-state index is 7.42. The van der Waals surface area contributed by atoms with E-state index < -0.39 is 5.41 Å². The molecule has 2 unspecified atom stereocenters. The van der Waals surface area contributed by atoms with Crippen LogP contribution in [0, 0.1) is 3.57 Å². The topological polar surface area (TPSA) is 0 Å². The smallest absolute Gasteiger partial charge is 0.0713 e. The lowest BCUT2D eigenvalue weighted by atomic mass is 9.60. The van der Waals surface area contributed by atoms with Gasteiger partial charge in [-0.25, -0.2) is 0 Å². The number of benzene rings is 8. The third kappa shape index (κ3) is 4.35. The summed E-state index contributed by atoms with van der Waals surface area (Å²) in [6, 6.07) is 67.9. The van der Waals surface area contributed by atoms with Gasteiger partial charge in [0.15, 0.2) is 0 Å². The first-order valence-corrected chi connectivity index (χ1v) is 19.8. The van der Waals surface area contributed by atoms with E-state index in [2.05, 4.69) is 205 Å². The lowest BCUT2D eigenvalue weighted by Gasteiger charge is -2.42. The van der Waals surface area contributed by atoms with Crippen molar-refractivity contribution in [1.29, 1.82) is 0 Å². The molecule has 2 atom stereocenters.